The highest BCUT2D eigenvalue weighted by molar-refractivity contribution is 7.95. The standard InChI is InChI=1S/C38H47N5O4S/c1-46-28-10-12-29-31(21-28)32-22-38(32,37(45)41-15-14-40-13-5-8-27(40)23-41)24-43-33-20-26(36(44)39-48-42-16-18-47-19-17-42)9-11-30(33)34(35(29)43)25-6-3-2-4-7-25/h9-12,20-21,25,27,32H,2-8,13-19,22-24H2,1H3,(H,39,44). The number of fused-ring (bicyclic) bond motifs is 8. The fourth-order valence-corrected chi connectivity index (χ4v) is 10.4. The number of piperazine rings is 1. The summed E-state index contributed by atoms with van der Waals surface area (Å²) in [4.78, 5) is 33.3. The number of hydrogen-bond donors (Lipinski definition) is 1. The Morgan fingerprint density at radius 1 is 0.958 bits per heavy atom. The average molecular weight is 670 g/mol. The van der Waals surface area contributed by atoms with Crippen molar-refractivity contribution in [3.63, 3.8) is 0 Å². The normalized spacial score (nSPS) is 27.5. The van der Waals surface area contributed by atoms with Crippen LogP contribution in [0.3, 0.4) is 0 Å². The molecule has 0 radical (unpaired) electrons. The van der Waals surface area contributed by atoms with Crippen LogP contribution in [0.2, 0.25) is 0 Å². The molecule has 2 aromatic carbocycles. The first-order chi connectivity index (χ1) is 23.5. The Kier molecular flexibility index (Phi) is 7.98. The van der Waals surface area contributed by atoms with Gasteiger partial charge >= 0.3 is 0 Å². The molecule has 9 nitrogen and oxygen atoms in total. The van der Waals surface area contributed by atoms with Crippen LogP contribution in [0.4, 0.5) is 0 Å². The topological polar surface area (TPSA) is 79.3 Å². The number of nitrogens with one attached hydrogen (secondary N) is 1. The van der Waals surface area contributed by atoms with E-state index in [1.807, 2.05) is 6.07 Å². The van der Waals surface area contributed by atoms with Gasteiger partial charge in [-0.25, -0.2) is 4.31 Å². The monoisotopic (exact) mass is 669 g/mol. The van der Waals surface area contributed by atoms with Gasteiger partial charge in [0.1, 0.15) is 5.75 Å². The first-order valence-electron chi connectivity index (χ1n) is 18.2. The van der Waals surface area contributed by atoms with Crippen LogP contribution in [0.1, 0.15) is 84.7 Å². The maximum Gasteiger partial charge on any atom is 0.262 e. The highest BCUT2D eigenvalue weighted by Gasteiger charge is 2.64. The molecule has 9 rings (SSSR count). The second kappa shape index (κ2) is 12.4. The van der Waals surface area contributed by atoms with Crippen molar-refractivity contribution in [1.29, 1.82) is 0 Å². The van der Waals surface area contributed by atoms with Gasteiger partial charge in [0.25, 0.3) is 5.91 Å². The number of nitrogens with zero attached hydrogens (tertiary/aromatic N) is 4. The van der Waals surface area contributed by atoms with Crippen molar-refractivity contribution in [2.24, 2.45) is 5.41 Å². The van der Waals surface area contributed by atoms with Crippen molar-refractivity contribution in [2.75, 3.05) is 59.6 Å². The highest BCUT2D eigenvalue weighted by atomic mass is 32.2. The van der Waals surface area contributed by atoms with Gasteiger partial charge in [-0.2, -0.15) is 0 Å². The Morgan fingerprint density at radius 2 is 1.81 bits per heavy atom. The van der Waals surface area contributed by atoms with Crippen LogP contribution in [0, 0.1) is 5.41 Å². The molecule has 10 heteroatoms. The number of hydrogen-bond acceptors (Lipinski definition) is 7. The number of benzene rings is 2. The Hall–Kier alpha value is -3.05. The van der Waals surface area contributed by atoms with Gasteiger partial charge in [-0.15, -0.1) is 0 Å². The van der Waals surface area contributed by atoms with Crippen LogP contribution in [0.5, 0.6) is 5.75 Å². The van der Waals surface area contributed by atoms with Crippen LogP contribution < -0.4 is 9.46 Å². The van der Waals surface area contributed by atoms with E-state index in [2.05, 4.69) is 53.7 Å². The van der Waals surface area contributed by atoms with E-state index in [0.29, 0.717) is 43.2 Å². The lowest BCUT2D eigenvalue weighted by Crippen LogP contribution is -2.54. The summed E-state index contributed by atoms with van der Waals surface area (Å²) < 4.78 is 19.0. The second-order valence-corrected chi connectivity index (χ2v) is 15.8. The lowest BCUT2D eigenvalue weighted by molar-refractivity contribution is -0.140. The molecule has 3 aromatic rings. The summed E-state index contributed by atoms with van der Waals surface area (Å²) >= 11 is 1.37. The van der Waals surface area contributed by atoms with Gasteiger partial charge in [-0.1, -0.05) is 25.3 Å². The van der Waals surface area contributed by atoms with Gasteiger partial charge in [0.2, 0.25) is 5.91 Å². The molecule has 254 valence electrons. The highest BCUT2D eigenvalue weighted by Crippen LogP contribution is 2.66. The van der Waals surface area contributed by atoms with Crippen molar-refractivity contribution >= 4 is 34.9 Å². The van der Waals surface area contributed by atoms with E-state index >= 15 is 0 Å². The lowest BCUT2D eigenvalue weighted by Gasteiger charge is -2.39. The Labute approximate surface area is 287 Å². The molecule has 0 bridgehead atoms. The van der Waals surface area contributed by atoms with Crippen molar-refractivity contribution in [3.05, 3.63) is 53.1 Å². The zero-order chi connectivity index (χ0) is 32.4. The molecule has 3 saturated heterocycles. The summed E-state index contributed by atoms with van der Waals surface area (Å²) in [6.45, 7) is 7.38. The molecule has 4 aliphatic heterocycles. The molecule has 2 amide bonds. The first-order valence-corrected chi connectivity index (χ1v) is 19.0. The summed E-state index contributed by atoms with van der Waals surface area (Å²) in [5.41, 5.74) is 6.40. The quantitative estimate of drug-likeness (QED) is 0.334. The van der Waals surface area contributed by atoms with Crippen molar-refractivity contribution in [3.8, 4) is 17.0 Å². The van der Waals surface area contributed by atoms with E-state index in [4.69, 9.17) is 9.47 Å². The summed E-state index contributed by atoms with van der Waals surface area (Å²) in [6.07, 6.45) is 9.39. The number of rotatable bonds is 6. The van der Waals surface area contributed by atoms with Gasteiger partial charge in [0, 0.05) is 85.4 Å². The smallest absolute Gasteiger partial charge is 0.262 e. The van der Waals surface area contributed by atoms with Crippen LogP contribution in [-0.4, -0.2) is 96.1 Å². The number of carbonyl (C=O) groups is 2. The van der Waals surface area contributed by atoms with E-state index in [9.17, 15) is 9.59 Å². The minimum atomic E-state index is -0.493. The molecule has 5 heterocycles. The lowest BCUT2D eigenvalue weighted by atomic mass is 9.81. The number of morpholine rings is 1. The molecule has 1 N–H and O–H groups in total. The third kappa shape index (κ3) is 5.17. The second-order valence-electron chi connectivity index (χ2n) is 14.9. The van der Waals surface area contributed by atoms with Gasteiger partial charge in [0.05, 0.1) is 31.4 Å². The van der Waals surface area contributed by atoms with Gasteiger partial charge in [0.15, 0.2) is 0 Å². The third-order valence-corrected chi connectivity index (χ3v) is 13.2. The van der Waals surface area contributed by atoms with E-state index < -0.39 is 5.41 Å². The van der Waals surface area contributed by atoms with Crippen molar-refractivity contribution in [1.82, 2.24) is 23.4 Å². The molecule has 2 saturated carbocycles. The molecular formula is C38H47N5O4S. The fourth-order valence-electron chi connectivity index (χ4n) is 9.72. The molecular weight excluding hydrogens is 623 g/mol. The van der Waals surface area contributed by atoms with Gasteiger partial charge in [-0.05, 0) is 86.0 Å². The Bertz CT molecular complexity index is 1750. The summed E-state index contributed by atoms with van der Waals surface area (Å²) in [5, 5.41) is 1.23. The zero-order valence-corrected chi connectivity index (χ0v) is 28.9. The minimum Gasteiger partial charge on any atom is -0.497 e. The van der Waals surface area contributed by atoms with Crippen LogP contribution in [0.25, 0.3) is 22.2 Å². The molecule has 0 spiro atoms. The molecule has 5 fully saturated rings. The molecule has 6 aliphatic rings. The zero-order valence-electron chi connectivity index (χ0n) is 28.0. The van der Waals surface area contributed by atoms with E-state index in [0.717, 1.165) is 57.0 Å². The van der Waals surface area contributed by atoms with Crippen LogP contribution in [-0.2, 0) is 16.1 Å². The van der Waals surface area contributed by atoms with Crippen LogP contribution >= 0.6 is 12.1 Å². The van der Waals surface area contributed by atoms with E-state index in [-0.39, 0.29) is 11.8 Å². The molecule has 1 aromatic heterocycles. The van der Waals surface area contributed by atoms with Crippen molar-refractivity contribution < 1.29 is 19.1 Å². The molecule has 2 aliphatic carbocycles. The Balaban J connectivity index is 1.16. The maximum atomic E-state index is 14.9. The number of aromatic nitrogens is 1. The molecule has 3 atom stereocenters. The summed E-state index contributed by atoms with van der Waals surface area (Å²) in [5.74, 6) is 1.69. The number of methoxy groups -OCH3 is 1. The minimum absolute atomic E-state index is 0.0913. The summed E-state index contributed by atoms with van der Waals surface area (Å²) in [6, 6.07) is 13.3. The average Bonchev–Trinajstić information content (AvgIpc) is 3.56. The fraction of sp³-hybridized carbons (Fsp3) is 0.579. The number of amides is 2. The van der Waals surface area contributed by atoms with Crippen LogP contribution in [0.15, 0.2) is 36.4 Å². The SMILES string of the molecule is COc1ccc2c(c1)C1CC1(C(=O)N1CCN3CCCC3C1)Cn1c-2c(C2CCCCC2)c2ccc(C(=O)NSN3CCOCC3)cc21. The summed E-state index contributed by atoms with van der Waals surface area (Å²) in [7, 11) is 1.74. The molecule has 48 heavy (non-hydrogen) atoms. The largest absolute Gasteiger partial charge is 0.497 e. The number of carbonyl (C=O) groups excluding carboxylic acids is 2. The Morgan fingerprint density at radius 3 is 2.65 bits per heavy atom. The molecule has 3 unspecified atom stereocenters. The third-order valence-electron chi connectivity index (χ3n) is 12.3. The van der Waals surface area contributed by atoms with Crippen molar-refractivity contribution in [2.45, 2.75) is 75.8 Å². The predicted octanol–water partition coefficient (Wildman–Crippen LogP) is 5.78. The number of ether oxygens (including phenoxy) is 2. The van der Waals surface area contributed by atoms with Gasteiger partial charge < -0.3 is 18.9 Å². The maximum absolute atomic E-state index is 14.9. The van der Waals surface area contributed by atoms with E-state index in [1.54, 1.807) is 7.11 Å². The first kappa shape index (κ1) is 31.0. The predicted molar refractivity (Wildman–Crippen MR) is 188 cm³/mol. The van der Waals surface area contributed by atoms with E-state index in [1.165, 1.54) is 84.9 Å². The van der Waals surface area contributed by atoms with Gasteiger partial charge in [-0.3, -0.25) is 19.2 Å².